The number of ether oxygens (including phenoxy) is 2. The molecule has 98 valence electrons. The maximum absolute atomic E-state index is 11.6. The highest BCUT2D eigenvalue weighted by Gasteiger charge is 2.14. The SMILES string of the molecule is CCOC(=O)CCc1cccnc1C(=O)OCC. The van der Waals surface area contributed by atoms with Gasteiger partial charge in [0.25, 0.3) is 0 Å². The summed E-state index contributed by atoms with van der Waals surface area (Å²) < 4.78 is 9.74. The van der Waals surface area contributed by atoms with E-state index in [-0.39, 0.29) is 18.1 Å². The van der Waals surface area contributed by atoms with Gasteiger partial charge in [-0.05, 0) is 31.9 Å². The maximum Gasteiger partial charge on any atom is 0.357 e. The number of hydrogen-bond donors (Lipinski definition) is 0. The molecule has 0 spiro atoms. The van der Waals surface area contributed by atoms with Crippen LogP contribution in [0.1, 0.15) is 36.3 Å². The molecular formula is C13H17NO4. The Morgan fingerprint density at radius 1 is 1.22 bits per heavy atom. The molecule has 0 fully saturated rings. The first kappa shape index (κ1) is 14.2. The number of hydrogen-bond acceptors (Lipinski definition) is 5. The largest absolute Gasteiger partial charge is 0.466 e. The number of rotatable bonds is 6. The molecule has 5 heteroatoms. The molecule has 1 rings (SSSR count). The lowest BCUT2D eigenvalue weighted by molar-refractivity contribution is -0.143. The van der Waals surface area contributed by atoms with Crippen LogP contribution < -0.4 is 0 Å². The fourth-order valence-corrected chi connectivity index (χ4v) is 1.49. The summed E-state index contributed by atoms with van der Waals surface area (Å²) in [7, 11) is 0. The van der Waals surface area contributed by atoms with Crippen LogP contribution in [0.25, 0.3) is 0 Å². The van der Waals surface area contributed by atoms with E-state index in [2.05, 4.69) is 4.98 Å². The normalized spacial score (nSPS) is 9.89. The lowest BCUT2D eigenvalue weighted by atomic mass is 10.1. The molecule has 0 atom stereocenters. The molecule has 0 amide bonds. The Labute approximate surface area is 106 Å². The Kier molecular flexibility index (Phi) is 5.84. The summed E-state index contributed by atoms with van der Waals surface area (Å²) in [4.78, 5) is 26.9. The third kappa shape index (κ3) is 4.16. The van der Waals surface area contributed by atoms with E-state index in [9.17, 15) is 9.59 Å². The van der Waals surface area contributed by atoms with Crippen molar-refractivity contribution in [3.8, 4) is 0 Å². The quantitative estimate of drug-likeness (QED) is 0.721. The van der Waals surface area contributed by atoms with Gasteiger partial charge < -0.3 is 9.47 Å². The molecule has 0 aliphatic carbocycles. The Balaban J connectivity index is 2.70. The van der Waals surface area contributed by atoms with Crippen molar-refractivity contribution in [1.82, 2.24) is 4.98 Å². The highest BCUT2D eigenvalue weighted by Crippen LogP contribution is 2.10. The number of aryl methyl sites for hydroxylation is 1. The molecule has 0 unspecified atom stereocenters. The average molecular weight is 251 g/mol. The molecule has 0 radical (unpaired) electrons. The standard InChI is InChI=1S/C13H17NO4/c1-3-17-11(15)8-7-10-6-5-9-14-12(10)13(16)18-4-2/h5-6,9H,3-4,7-8H2,1-2H3. The van der Waals surface area contributed by atoms with Gasteiger partial charge in [0.1, 0.15) is 0 Å². The zero-order valence-corrected chi connectivity index (χ0v) is 10.6. The zero-order valence-electron chi connectivity index (χ0n) is 10.6. The highest BCUT2D eigenvalue weighted by atomic mass is 16.5. The minimum Gasteiger partial charge on any atom is -0.466 e. The van der Waals surface area contributed by atoms with E-state index in [1.807, 2.05) is 0 Å². The predicted octanol–water partition coefficient (Wildman–Crippen LogP) is 1.75. The van der Waals surface area contributed by atoms with Gasteiger partial charge in [-0.15, -0.1) is 0 Å². The van der Waals surface area contributed by atoms with E-state index in [0.717, 1.165) is 0 Å². The Hall–Kier alpha value is -1.91. The van der Waals surface area contributed by atoms with Crippen LogP contribution in [0.5, 0.6) is 0 Å². The molecule has 0 saturated carbocycles. The molecule has 18 heavy (non-hydrogen) atoms. The van der Waals surface area contributed by atoms with Crippen molar-refractivity contribution in [3.05, 3.63) is 29.6 Å². The predicted molar refractivity (Wildman–Crippen MR) is 65.1 cm³/mol. The van der Waals surface area contributed by atoms with E-state index in [1.165, 1.54) is 6.20 Å². The Bertz CT molecular complexity index is 417. The molecule has 1 heterocycles. The van der Waals surface area contributed by atoms with Gasteiger partial charge in [-0.2, -0.15) is 0 Å². The molecule has 0 bridgehead atoms. The van der Waals surface area contributed by atoms with Gasteiger partial charge in [0, 0.05) is 12.6 Å². The summed E-state index contributed by atoms with van der Waals surface area (Å²) >= 11 is 0. The van der Waals surface area contributed by atoms with Crippen molar-refractivity contribution >= 4 is 11.9 Å². The van der Waals surface area contributed by atoms with Crippen LogP contribution in [-0.2, 0) is 20.7 Å². The average Bonchev–Trinajstić information content (AvgIpc) is 2.37. The lowest BCUT2D eigenvalue weighted by Crippen LogP contribution is -2.12. The van der Waals surface area contributed by atoms with Gasteiger partial charge in [-0.25, -0.2) is 9.78 Å². The molecule has 5 nitrogen and oxygen atoms in total. The summed E-state index contributed by atoms with van der Waals surface area (Å²) in [6.07, 6.45) is 2.17. The van der Waals surface area contributed by atoms with E-state index in [0.29, 0.717) is 25.2 Å². The van der Waals surface area contributed by atoms with E-state index >= 15 is 0 Å². The van der Waals surface area contributed by atoms with Crippen molar-refractivity contribution in [1.29, 1.82) is 0 Å². The molecule has 1 aromatic heterocycles. The summed E-state index contributed by atoms with van der Waals surface area (Å²) in [6.45, 7) is 4.15. The molecule has 0 N–H and O–H groups in total. The van der Waals surface area contributed by atoms with Gasteiger partial charge in [-0.3, -0.25) is 4.79 Å². The lowest BCUT2D eigenvalue weighted by Gasteiger charge is -2.07. The molecule has 0 saturated heterocycles. The van der Waals surface area contributed by atoms with Crippen molar-refractivity contribution in [3.63, 3.8) is 0 Å². The van der Waals surface area contributed by atoms with Crippen molar-refractivity contribution in [2.45, 2.75) is 26.7 Å². The zero-order chi connectivity index (χ0) is 13.4. The van der Waals surface area contributed by atoms with Gasteiger partial charge in [0.2, 0.25) is 0 Å². The fourth-order valence-electron chi connectivity index (χ4n) is 1.49. The first-order chi connectivity index (χ1) is 8.69. The van der Waals surface area contributed by atoms with Crippen LogP contribution in [0.2, 0.25) is 0 Å². The Morgan fingerprint density at radius 2 is 1.94 bits per heavy atom. The smallest absolute Gasteiger partial charge is 0.357 e. The molecular weight excluding hydrogens is 234 g/mol. The molecule has 1 aromatic rings. The van der Waals surface area contributed by atoms with Gasteiger partial charge in [0.15, 0.2) is 5.69 Å². The molecule has 0 aliphatic heterocycles. The summed E-state index contributed by atoms with van der Waals surface area (Å²) in [5.74, 6) is -0.742. The van der Waals surface area contributed by atoms with Crippen LogP contribution in [0, 0.1) is 0 Å². The second kappa shape index (κ2) is 7.42. The van der Waals surface area contributed by atoms with E-state index < -0.39 is 5.97 Å². The Morgan fingerprint density at radius 3 is 2.61 bits per heavy atom. The van der Waals surface area contributed by atoms with Crippen molar-refractivity contribution in [2.24, 2.45) is 0 Å². The third-order valence-electron chi connectivity index (χ3n) is 2.26. The second-order valence-corrected chi connectivity index (χ2v) is 3.54. The third-order valence-corrected chi connectivity index (χ3v) is 2.26. The topological polar surface area (TPSA) is 65.5 Å². The summed E-state index contributed by atoms with van der Waals surface area (Å²) in [5, 5.41) is 0. The highest BCUT2D eigenvalue weighted by molar-refractivity contribution is 5.89. The van der Waals surface area contributed by atoms with Crippen LogP contribution >= 0.6 is 0 Å². The number of aromatic nitrogens is 1. The number of esters is 2. The van der Waals surface area contributed by atoms with Crippen LogP contribution in [0.4, 0.5) is 0 Å². The number of carbonyl (C=O) groups is 2. The first-order valence-electron chi connectivity index (χ1n) is 5.95. The van der Waals surface area contributed by atoms with Gasteiger partial charge >= 0.3 is 11.9 Å². The van der Waals surface area contributed by atoms with Crippen LogP contribution in [0.3, 0.4) is 0 Å². The second-order valence-electron chi connectivity index (χ2n) is 3.54. The number of pyridine rings is 1. The van der Waals surface area contributed by atoms with Crippen molar-refractivity contribution in [2.75, 3.05) is 13.2 Å². The van der Waals surface area contributed by atoms with Crippen LogP contribution in [-0.4, -0.2) is 30.1 Å². The van der Waals surface area contributed by atoms with E-state index in [4.69, 9.17) is 9.47 Å². The van der Waals surface area contributed by atoms with Gasteiger partial charge in [0.05, 0.1) is 13.2 Å². The van der Waals surface area contributed by atoms with E-state index in [1.54, 1.807) is 26.0 Å². The van der Waals surface area contributed by atoms with Crippen molar-refractivity contribution < 1.29 is 19.1 Å². The molecule has 0 aliphatic rings. The summed E-state index contributed by atoms with van der Waals surface area (Å²) in [5.41, 5.74) is 0.965. The fraction of sp³-hybridized carbons (Fsp3) is 0.462. The minimum atomic E-state index is -0.461. The first-order valence-corrected chi connectivity index (χ1v) is 5.95. The molecule has 0 aromatic carbocycles. The minimum absolute atomic E-state index is 0.228. The summed E-state index contributed by atoms with van der Waals surface area (Å²) in [6, 6.07) is 3.49. The number of nitrogens with zero attached hydrogens (tertiary/aromatic N) is 1. The number of carbonyl (C=O) groups excluding carboxylic acids is 2. The van der Waals surface area contributed by atoms with Gasteiger partial charge in [-0.1, -0.05) is 6.07 Å². The van der Waals surface area contributed by atoms with Crippen LogP contribution in [0.15, 0.2) is 18.3 Å². The maximum atomic E-state index is 11.6. The monoisotopic (exact) mass is 251 g/mol.